The van der Waals surface area contributed by atoms with E-state index in [2.05, 4.69) is 37.3 Å². The maximum absolute atomic E-state index is 12.5. The molecule has 0 aliphatic rings. The standard InChI is InChI=1S/C19H23NO/c1-5-20(6-2)19(21)18-12-15(4)11-17(13-18)16-9-7-8-14(3)10-16/h7-13H,5-6H2,1-4H3. The molecule has 110 valence electrons. The second-order valence-corrected chi connectivity index (χ2v) is 5.43. The lowest BCUT2D eigenvalue weighted by Crippen LogP contribution is -2.30. The molecule has 0 aliphatic carbocycles. The third-order valence-electron chi connectivity index (χ3n) is 3.73. The monoisotopic (exact) mass is 281 g/mol. The molecule has 0 radical (unpaired) electrons. The van der Waals surface area contributed by atoms with Gasteiger partial charge in [0.1, 0.15) is 0 Å². The average molecular weight is 281 g/mol. The summed E-state index contributed by atoms with van der Waals surface area (Å²) in [5, 5.41) is 0. The molecule has 0 aliphatic heterocycles. The summed E-state index contributed by atoms with van der Waals surface area (Å²) in [6.07, 6.45) is 0. The Morgan fingerprint density at radius 2 is 1.57 bits per heavy atom. The first-order valence-corrected chi connectivity index (χ1v) is 7.53. The fourth-order valence-electron chi connectivity index (χ4n) is 2.59. The van der Waals surface area contributed by atoms with E-state index in [1.54, 1.807) is 0 Å². The maximum atomic E-state index is 12.5. The number of hydrogen-bond acceptors (Lipinski definition) is 1. The molecule has 0 saturated carbocycles. The summed E-state index contributed by atoms with van der Waals surface area (Å²) in [5.41, 5.74) is 5.38. The Kier molecular flexibility index (Phi) is 4.79. The van der Waals surface area contributed by atoms with Gasteiger partial charge in [0, 0.05) is 18.7 Å². The topological polar surface area (TPSA) is 20.3 Å². The van der Waals surface area contributed by atoms with E-state index in [0.717, 1.165) is 35.3 Å². The second-order valence-electron chi connectivity index (χ2n) is 5.43. The number of carbonyl (C=O) groups is 1. The molecule has 0 heterocycles. The van der Waals surface area contributed by atoms with Crippen LogP contribution in [0.25, 0.3) is 11.1 Å². The Morgan fingerprint density at radius 1 is 0.905 bits per heavy atom. The molecule has 0 N–H and O–H groups in total. The zero-order valence-electron chi connectivity index (χ0n) is 13.3. The van der Waals surface area contributed by atoms with Crippen LogP contribution in [0.4, 0.5) is 0 Å². The highest BCUT2D eigenvalue weighted by Gasteiger charge is 2.14. The van der Waals surface area contributed by atoms with Gasteiger partial charge in [-0.15, -0.1) is 0 Å². The van der Waals surface area contributed by atoms with Crippen molar-refractivity contribution >= 4 is 5.91 Å². The van der Waals surface area contributed by atoms with Gasteiger partial charge in [-0.05, 0) is 56.5 Å². The van der Waals surface area contributed by atoms with Gasteiger partial charge in [-0.3, -0.25) is 4.79 Å². The van der Waals surface area contributed by atoms with Crippen LogP contribution in [0.2, 0.25) is 0 Å². The summed E-state index contributed by atoms with van der Waals surface area (Å²) >= 11 is 0. The van der Waals surface area contributed by atoms with E-state index in [1.165, 1.54) is 5.56 Å². The van der Waals surface area contributed by atoms with E-state index >= 15 is 0 Å². The van der Waals surface area contributed by atoms with Crippen molar-refractivity contribution in [3.05, 3.63) is 59.2 Å². The van der Waals surface area contributed by atoms with Crippen molar-refractivity contribution in [2.24, 2.45) is 0 Å². The molecule has 0 atom stereocenters. The predicted octanol–water partition coefficient (Wildman–Crippen LogP) is 4.45. The maximum Gasteiger partial charge on any atom is 0.253 e. The van der Waals surface area contributed by atoms with E-state index in [4.69, 9.17) is 0 Å². The Morgan fingerprint density at radius 3 is 2.19 bits per heavy atom. The zero-order valence-corrected chi connectivity index (χ0v) is 13.3. The molecule has 0 spiro atoms. The van der Waals surface area contributed by atoms with Crippen LogP contribution in [0.1, 0.15) is 35.3 Å². The van der Waals surface area contributed by atoms with Gasteiger partial charge in [0.2, 0.25) is 0 Å². The number of benzene rings is 2. The summed E-state index contributed by atoms with van der Waals surface area (Å²) in [6.45, 7) is 9.63. The number of nitrogens with zero attached hydrogens (tertiary/aromatic N) is 1. The summed E-state index contributed by atoms with van der Waals surface area (Å²) < 4.78 is 0. The van der Waals surface area contributed by atoms with Crippen LogP contribution in [0.15, 0.2) is 42.5 Å². The lowest BCUT2D eigenvalue weighted by molar-refractivity contribution is 0.0773. The van der Waals surface area contributed by atoms with Crippen molar-refractivity contribution in [2.45, 2.75) is 27.7 Å². The molecule has 1 amide bonds. The fraction of sp³-hybridized carbons (Fsp3) is 0.316. The Hall–Kier alpha value is -2.09. The molecular weight excluding hydrogens is 258 g/mol. The first-order valence-electron chi connectivity index (χ1n) is 7.53. The van der Waals surface area contributed by atoms with Crippen LogP contribution in [-0.4, -0.2) is 23.9 Å². The van der Waals surface area contributed by atoms with Crippen molar-refractivity contribution in [3.63, 3.8) is 0 Å². The van der Waals surface area contributed by atoms with Crippen LogP contribution in [0.5, 0.6) is 0 Å². The van der Waals surface area contributed by atoms with Crippen LogP contribution in [0, 0.1) is 13.8 Å². The summed E-state index contributed by atoms with van der Waals surface area (Å²) in [7, 11) is 0. The first kappa shape index (κ1) is 15.3. The van der Waals surface area contributed by atoms with Gasteiger partial charge < -0.3 is 4.90 Å². The molecule has 0 unspecified atom stereocenters. The smallest absolute Gasteiger partial charge is 0.253 e. The fourth-order valence-corrected chi connectivity index (χ4v) is 2.59. The van der Waals surface area contributed by atoms with E-state index in [0.29, 0.717) is 0 Å². The van der Waals surface area contributed by atoms with Crippen LogP contribution in [0.3, 0.4) is 0 Å². The van der Waals surface area contributed by atoms with Gasteiger partial charge in [-0.2, -0.15) is 0 Å². The zero-order chi connectivity index (χ0) is 15.4. The Balaban J connectivity index is 2.44. The molecule has 2 aromatic rings. The van der Waals surface area contributed by atoms with Gasteiger partial charge in [0.25, 0.3) is 5.91 Å². The lowest BCUT2D eigenvalue weighted by Gasteiger charge is -2.19. The normalized spacial score (nSPS) is 10.5. The van der Waals surface area contributed by atoms with Gasteiger partial charge >= 0.3 is 0 Å². The highest BCUT2D eigenvalue weighted by atomic mass is 16.2. The van der Waals surface area contributed by atoms with E-state index in [1.807, 2.05) is 37.8 Å². The minimum absolute atomic E-state index is 0.109. The minimum atomic E-state index is 0.109. The molecule has 0 fully saturated rings. The van der Waals surface area contributed by atoms with Gasteiger partial charge in [0.05, 0.1) is 0 Å². The predicted molar refractivity (Wildman–Crippen MR) is 88.6 cm³/mol. The van der Waals surface area contributed by atoms with E-state index in [9.17, 15) is 4.79 Å². The Bertz CT molecular complexity index is 642. The molecule has 0 bridgehead atoms. The average Bonchev–Trinajstić information content (AvgIpc) is 2.47. The second kappa shape index (κ2) is 6.57. The number of aryl methyl sites for hydroxylation is 2. The van der Waals surface area contributed by atoms with Crippen LogP contribution in [-0.2, 0) is 0 Å². The highest BCUT2D eigenvalue weighted by Crippen LogP contribution is 2.24. The number of carbonyl (C=O) groups excluding carboxylic acids is 1. The van der Waals surface area contributed by atoms with E-state index < -0.39 is 0 Å². The van der Waals surface area contributed by atoms with Gasteiger partial charge in [0.15, 0.2) is 0 Å². The highest BCUT2D eigenvalue weighted by molar-refractivity contribution is 5.95. The number of amides is 1. The van der Waals surface area contributed by atoms with Gasteiger partial charge in [-0.25, -0.2) is 0 Å². The molecule has 0 saturated heterocycles. The lowest BCUT2D eigenvalue weighted by atomic mass is 9.98. The van der Waals surface area contributed by atoms with Gasteiger partial charge in [-0.1, -0.05) is 35.9 Å². The van der Waals surface area contributed by atoms with Crippen molar-refractivity contribution in [2.75, 3.05) is 13.1 Å². The summed E-state index contributed by atoms with van der Waals surface area (Å²) in [5.74, 6) is 0.109. The van der Waals surface area contributed by atoms with Crippen molar-refractivity contribution < 1.29 is 4.79 Å². The van der Waals surface area contributed by atoms with E-state index in [-0.39, 0.29) is 5.91 Å². The third-order valence-corrected chi connectivity index (χ3v) is 3.73. The number of rotatable bonds is 4. The first-order chi connectivity index (χ1) is 10.0. The number of hydrogen-bond donors (Lipinski definition) is 0. The van der Waals surface area contributed by atoms with Crippen molar-refractivity contribution in [3.8, 4) is 11.1 Å². The minimum Gasteiger partial charge on any atom is -0.339 e. The summed E-state index contributed by atoms with van der Waals surface area (Å²) in [6, 6.07) is 14.5. The SMILES string of the molecule is CCN(CC)C(=O)c1cc(C)cc(-c2cccc(C)c2)c1. The van der Waals surface area contributed by atoms with Crippen LogP contribution >= 0.6 is 0 Å². The van der Waals surface area contributed by atoms with Crippen molar-refractivity contribution in [1.29, 1.82) is 0 Å². The molecule has 2 heteroatoms. The molecule has 0 aromatic heterocycles. The molecule has 21 heavy (non-hydrogen) atoms. The molecule has 2 aromatic carbocycles. The third kappa shape index (κ3) is 3.52. The van der Waals surface area contributed by atoms with Crippen LogP contribution < -0.4 is 0 Å². The summed E-state index contributed by atoms with van der Waals surface area (Å²) in [4.78, 5) is 14.4. The quantitative estimate of drug-likeness (QED) is 0.810. The Labute approximate surface area is 127 Å². The molecule has 2 nitrogen and oxygen atoms in total. The molecular formula is C19H23NO. The molecule has 2 rings (SSSR count). The largest absolute Gasteiger partial charge is 0.339 e. The van der Waals surface area contributed by atoms with Crippen molar-refractivity contribution in [1.82, 2.24) is 4.90 Å².